The molecule has 0 spiro atoms. The van der Waals surface area contributed by atoms with Crippen LogP contribution in [-0.2, 0) is 6.18 Å². The first kappa shape index (κ1) is 16.3. The van der Waals surface area contributed by atoms with Crippen LogP contribution in [0.2, 0.25) is 0 Å². The van der Waals surface area contributed by atoms with E-state index in [-0.39, 0.29) is 5.92 Å². The molecule has 132 valence electrons. The minimum Gasteiger partial charge on any atom is -0.365 e. The molecule has 1 N–H and O–H groups in total. The standard InChI is InChI=1S/C18H18F3N3O/c19-18(20,21)12-6-7-14-13(10-12)15(11-4-2-1-3-5-11)23-17(25)16-22-8-9-24(14)16/h6-11,17,25H,1-5H2. The van der Waals surface area contributed by atoms with Crippen molar-refractivity contribution >= 4 is 5.71 Å². The van der Waals surface area contributed by atoms with E-state index in [0.29, 0.717) is 22.8 Å². The molecule has 1 atom stereocenters. The molecule has 1 saturated carbocycles. The summed E-state index contributed by atoms with van der Waals surface area (Å²) in [6.45, 7) is 0. The molecule has 1 aliphatic carbocycles. The molecule has 1 aromatic carbocycles. The Bertz CT molecular complexity index is 819. The highest BCUT2D eigenvalue weighted by Gasteiger charge is 2.34. The second-order valence-corrected chi connectivity index (χ2v) is 6.61. The summed E-state index contributed by atoms with van der Waals surface area (Å²) in [4.78, 5) is 8.53. The molecule has 4 rings (SSSR count). The van der Waals surface area contributed by atoms with Crippen molar-refractivity contribution in [3.8, 4) is 5.69 Å². The van der Waals surface area contributed by atoms with Crippen molar-refractivity contribution in [1.82, 2.24) is 9.55 Å². The van der Waals surface area contributed by atoms with Crippen LogP contribution in [-0.4, -0.2) is 20.4 Å². The fraction of sp³-hybridized carbons (Fsp3) is 0.444. The van der Waals surface area contributed by atoms with Gasteiger partial charge in [0.05, 0.1) is 17.0 Å². The monoisotopic (exact) mass is 349 g/mol. The number of aliphatic hydroxyl groups is 1. The number of alkyl halides is 3. The van der Waals surface area contributed by atoms with E-state index in [1.54, 1.807) is 10.8 Å². The number of nitrogens with zero attached hydrogens (tertiary/aromatic N) is 3. The van der Waals surface area contributed by atoms with Gasteiger partial charge in [0.1, 0.15) is 0 Å². The van der Waals surface area contributed by atoms with Gasteiger partial charge in [-0.25, -0.2) is 9.98 Å². The Morgan fingerprint density at radius 2 is 1.88 bits per heavy atom. The molecule has 7 heteroatoms. The molecule has 4 nitrogen and oxygen atoms in total. The Morgan fingerprint density at radius 3 is 2.60 bits per heavy atom. The van der Waals surface area contributed by atoms with Gasteiger partial charge >= 0.3 is 6.18 Å². The second-order valence-electron chi connectivity index (χ2n) is 6.61. The van der Waals surface area contributed by atoms with Gasteiger partial charge in [0.15, 0.2) is 5.82 Å². The molecule has 1 unspecified atom stereocenters. The van der Waals surface area contributed by atoms with Gasteiger partial charge in [-0.05, 0) is 31.0 Å². The van der Waals surface area contributed by atoms with E-state index >= 15 is 0 Å². The Kier molecular flexibility index (Phi) is 3.91. The van der Waals surface area contributed by atoms with Crippen molar-refractivity contribution in [2.45, 2.75) is 44.5 Å². The predicted molar refractivity (Wildman–Crippen MR) is 86.6 cm³/mol. The van der Waals surface area contributed by atoms with Gasteiger partial charge in [-0.1, -0.05) is 19.3 Å². The van der Waals surface area contributed by atoms with E-state index in [1.807, 2.05) is 0 Å². The van der Waals surface area contributed by atoms with Crippen LogP contribution in [0.5, 0.6) is 0 Å². The fourth-order valence-corrected chi connectivity index (χ4v) is 3.80. The third kappa shape index (κ3) is 2.86. The number of aromatic nitrogens is 2. The second kappa shape index (κ2) is 5.98. The van der Waals surface area contributed by atoms with E-state index in [4.69, 9.17) is 0 Å². The molecular formula is C18H18F3N3O. The number of aliphatic imine (C=N–C) groups is 1. The summed E-state index contributed by atoms with van der Waals surface area (Å²) in [5, 5.41) is 10.4. The number of imidazole rings is 1. The summed E-state index contributed by atoms with van der Waals surface area (Å²) in [5.74, 6) is 0.391. The van der Waals surface area contributed by atoms with Crippen molar-refractivity contribution in [3.63, 3.8) is 0 Å². The summed E-state index contributed by atoms with van der Waals surface area (Å²) < 4.78 is 41.3. The number of halogens is 3. The number of hydrogen-bond acceptors (Lipinski definition) is 3. The molecule has 1 aromatic heterocycles. The number of hydrogen-bond donors (Lipinski definition) is 1. The van der Waals surface area contributed by atoms with Crippen LogP contribution in [0.4, 0.5) is 13.2 Å². The SMILES string of the molecule is OC1N=C(C2CCCCC2)c2cc(C(F)(F)F)ccc2-n2ccnc21. The van der Waals surface area contributed by atoms with Gasteiger partial charge in [-0.3, -0.25) is 4.57 Å². The van der Waals surface area contributed by atoms with Gasteiger partial charge in [-0.2, -0.15) is 13.2 Å². The Labute approximate surface area is 143 Å². The quantitative estimate of drug-likeness (QED) is 0.836. The minimum absolute atomic E-state index is 0.0650. The first-order valence-corrected chi connectivity index (χ1v) is 8.46. The van der Waals surface area contributed by atoms with E-state index in [9.17, 15) is 18.3 Å². The number of rotatable bonds is 1. The van der Waals surface area contributed by atoms with Crippen molar-refractivity contribution < 1.29 is 18.3 Å². The van der Waals surface area contributed by atoms with Gasteiger partial charge in [-0.15, -0.1) is 0 Å². The molecule has 0 amide bonds. The Hall–Kier alpha value is -2.15. The van der Waals surface area contributed by atoms with Crippen LogP contribution in [0.3, 0.4) is 0 Å². The summed E-state index contributed by atoms with van der Waals surface area (Å²) >= 11 is 0. The zero-order valence-corrected chi connectivity index (χ0v) is 13.5. The van der Waals surface area contributed by atoms with E-state index in [0.717, 1.165) is 44.2 Å². The Morgan fingerprint density at radius 1 is 1.12 bits per heavy atom. The zero-order valence-electron chi connectivity index (χ0n) is 13.5. The van der Waals surface area contributed by atoms with Gasteiger partial charge in [0.25, 0.3) is 0 Å². The van der Waals surface area contributed by atoms with Crippen LogP contribution in [0.15, 0.2) is 35.6 Å². The van der Waals surface area contributed by atoms with Crippen LogP contribution in [0.25, 0.3) is 5.69 Å². The van der Waals surface area contributed by atoms with E-state index < -0.39 is 18.0 Å². The smallest absolute Gasteiger partial charge is 0.365 e. The number of fused-ring (bicyclic) bond motifs is 3. The van der Waals surface area contributed by atoms with Crippen LogP contribution < -0.4 is 0 Å². The lowest BCUT2D eigenvalue weighted by Crippen LogP contribution is -2.21. The lowest BCUT2D eigenvalue weighted by atomic mass is 9.82. The maximum atomic E-state index is 13.2. The molecule has 1 aliphatic heterocycles. The third-order valence-electron chi connectivity index (χ3n) is 5.01. The summed E-state index contributed by atoms with van der Waals surface area (Å²) in [6.07, 6.45) is 2.50. The van der Waals surface area contributed by atoms with E-state index in [1.165, 1.54) is 12.3 Å². The van der Waals surface area contributed by atoms with Crippen LogP contribution in [0.1, 0.15) is 55.3 Å². The fourth-order valence-electron chi connectivity index (χ4n) is 3.80. The summed E-state index contributed by atoms with van der Waals surface area (Å²) in [7, 11) is 0. The molecular weight excluding hydrogens is 331 g/mol. The molecule has 0 bridgehead atoms. The first-order chi connectivity index (χ1) is 11.9. The van der Waals surface area contributed by atoms with Gasteiger partial charge in [0, 0.05) is 23.9 Å². The Balaban J connectivity index is 1.91. The van der Waals surface area contributed by atoms with Crippen molar-refractivity contribution in [1.29, 1.82) is 0 Å². The van der Waals surface area contributed by atoms with Crippen molar-refractivity contribution in [2.24, 2.45) is 10.9 Å². The highest BCUT2D eigenvalue weighted by molar-refractivity contribution is 6.05. The predicted octanol–water partition coefficient (Wildman–Crippen LogP) is 4.27. The molecule has 0 radical (unpaired) electrons. The van der Waals surface area contributed by atoms with Gasteiger partial charge in [0.2, 0.25) is 6.23 Å². The number of benzene rings is 1. The van der Waals surface area contributed by atoms with Gasteiger partial charge < -0.3 is 5.11 Å². The first-order valence-electron chi connectivity index (χ1n) is 8.46. The zero-order chi connectivity index (χ0) is 17.6. The molecule has 2 aliphatic rings. The summed E-state index contributed by atoms with van der Waals surface area (Å²) in [5.41, 5.74) is 0.894. The van der Waals surface area contributed by atoms with Crippen LogP contribution >= 0.6 is 0 Å². The van der Waals surface area contributed by atoms with Crippen molar-refractivity contribution in [3.05, 3.63) is 47.5 Å². The third-order valence-corrected chi connectivity index (χ3v) is 5.01. The maximum Gasteiger partial charge on any atom is 0.416 e. The maximum absolute atomic E-state index is 13.2. The topological polar surface area (TPSA) is 50.4 Å². The molecule has 25 heavy (non-hydrogen) atoms. The average Bonchev–Trinajstić information content (AvgIpc) is 3.05. The normalized spacial score (nSPS) is 21.3. The highest BCUT2D eigenvalue weighted by Crippen LogP contribution is 2.37. The average molecular weight is 349 g/mol. The lowest BCUT2D eigenvalue weighted by molar-refractivity contribution is -0.137. The van der Waals surface area contributed by atoms with Crippen LogP contribution in [0, 0.1) is 5.92 Å². The molecule has 0 saturated heterocycles. The summed E-state index contributed by atoms with van der Waals surface area (Å²) in [6, 6.07) is 3.67. The molecule has 1 fully saturated rings. The van der Waals surface area contributed by atoms with E-state index in [2.05, 4.69) is 9.98 Å². The largest absolute Gasteiger partial charge is 0.416 e. The molecule has 2 aromatic rings. The highest BCUT2D eigenvalue weighted by atomic mass is 19.4. The van der Waals surface area contributed by atoms with Crippen molar-refractivity contribution in [2.75, 3.05) is 0 Å². The molecule has 2 heterocycles. The lowest BCUT2D eigenvalue weighted by Gasteiger charge is -2.25. The number of aliphatic hydroxyl groups excluding tert-OH is 1. The minimum atomic E-state index is -4.42.